The molecule has 0 saturated carbocycles. The van der Waals surface area contributed by atoms with Crippen molar-refractivity contribution in [1.29, 1.82) is 0 Å². The van der Waals surface area contributed by atoms with E-state index in [4.69, 9.17) is 11.6 Å². The second kappa shape index (κ2) is 11.4. The number of carbonyl (C=O) groups excluding carboxylic acids is 2. The topological polar surface area (TPSA) is 73.5 Å². The Morgan fingerprint density at radius 3 is 2.26 bits per heavy atom. The van der Waals surface area contributed by atoms with Crippen molar-refractivity contribution in [2.75, 3.05) is 28.6 Å². The molecular weight excluding hydrogens is 480 g/mol. The second-order valence-corrected chi connectivity index (χ2v) is 7.93. The molecule has 160 valence electrons. The van der Waals surface area contributed by atoms with Gasteiger partial charge in [-0.05, 0) is 70.9 Å². The fraction of sp³-hybridized carbons (Fsp3) is 0.130. The Hall–Kier alpha value is -3.03. The first-order valence-corrected chi connectivity index (χ1v) is 10.9. The van der Waals surface area contributed by atoms with E-state index >= 15 is 0 Å². The predicted octanol–water partition coefficient (Wildman–Crippen LogP) is 6.35. The van der Waals surface area contributed by atoms with E-state index in [2.05, 4.69) is 31.9 Å². The van der Waals surface area contributed by atoms with Gasteiger partial charge in [0.15, 0.2) is 0 Å². The Labute approximate surface area is 194 Å². The van der Waals surface area contributed by atoms with Crippen LogP contribution in [0.1, 0.15) is 6.42 Å². The summed E-state index contributed by atoms with van der Waals surface area (Å²) in [5.41, 5.74) is 2.11. The quantitative estimate of drug-likeness (QED) is 0.330. The zero-order valence-corrected chi connectivity index (χ0v) is 19.0. The van der Waals surface area contributed by atoms with Crippen LogP contribution in [0.15, 0.2) is 83.3 Å². The van der Waals surface area contributed by atoms with Crippen LogP contribution in [-0.2, 0) is 0 Å². The number of benzene rings is 3. The van der Waals surface area contributed by atoms with Crippen LogP contribution in [-0.4, -0.2) is 25.2 Å². The first-order valence-electron chi connectivity index (χ1n) is 9.71. The number of hydrogen-bond acceptors (Lipinski definition) is 2. The molecule has 0 fully saturated rings. The van der Waals surface area contributed by atoms with E-state index in [1.807, 2.05) is 54.6 Å². The number of nitrogens with one attached hydrogen (secondary N) is 3. The lowest BCUT2D eigenvalue weighted by atomic mass is 10.2. The number of anilines is 3. The molecule has 0 aromatic heterocycles. The molecule has 0 unspecified atom stereocenters. The van der Waals surface area contributed by atoms with Gasteiger partial charge in [-0.25, -0.2) is 9.59 Å². The van der Waals surface area contributed by atoms with E-state index in [0.717, 1.165) is 10.2 Å². The molecule has 3 rings (SSSR count). The van der Waals surface area contributed by atoms with Crippen LogP contribution < -0.4 is 20.9 Å². The van der Waals surface area contributed by atoms with Crippen LogP contribution in [0.2, 0.25) is 5.02 Å². The third-order valence-corrected chi connectivity index (χ3v) is 5.32. The van der Waals surface area contributed by atoms with Crippen molar-refractivity contribution in [3.63, 3.8) is 0 Å². The molecule has 0 atom stereocenters. The van der Waals surface area contributed by atoms with Crippen molar-refractivity contribution in [2.24, 2.45) is 0 Å². The first-order chi connectivity index (χ1) is 15.0. The number of carbonyl (C=O) groups is 2. The third kappa shape index (κ3) is 7.01. The monoisotopic (exact) mass is 500 g/mol. The van der Waals surface area contributed by atoms with Gasteiger partial charge in [0.05, 0.1) is 5.69 Å². The summed E-state index contributed by atoms with van der Waals surface area (Å²) in [5, 5.41) is 9.09. The minimum absolute atomic E-state index is 0.258. The van der Waals surface area contributed by atoms with Crippen molar-refractivity contribution in [3.8, 4) is 0 Å². The van der Waals surface area contributed by atoms with E-state index in [1.54, 1.807) is 29.2 Å². The number of rotatable bonds is 7. The normalized spacial score (nSPS) is 10.3. The maximum absolute atomic E-state index is 12.9. The van der Waals surface area contributed by atoms with Gasteiger partial charge in [-0.3, -0.25) is 4.90 Å². The highest BCUT2D eigenvalue weighted by Gasteiger charge is 2.15. The number of para-hydroxylation sites is 2. The standard InChI is InChI=1S/C23H22BrClN4O2/c24-20-9-4-5-10-21(20)28-22(30)26-15-6-16-29(19-7-2-1-3-8-19)23(31)27-18-13-11-17(25)12-14-18/h1-5,7-14H,6,15-16H2,(H,27,31)(H2,26,28,30). The molecule has 6 nitrogen and oxygen atoms in total. The van der Waals surface area contributed by atoms with E-state index in [-0.39, 0.29) is 12.1 Å². The van der Waals surface area contributed by atoms with Gasteiger partial charge in [0.25, 0.3) is 0 Å². The average molecular weight is 502 g/mol. The fourth-order valence-electron chi connectivity index (χ4n) is 2.85. The summed E-state index contributed by atoms with van der Waals surface area (Å²) in [5.74, 6) is 0. The van der Waals surface area contributed by atoms with Crippen LogP contribution in [0.5, 0.6) is 0 Å². The maximum Gasteiger partial charge on any atom is 0.326 e. The molecule has 0 aliphatic rings. The van der Waals surface area contributed by atoms with Gasteiger partial charge in [-0.15, -0.1) is 0 Å². The molecule has 8 heteroatoms. The van der Waals surface area contributed by atoms with Gasteiger partial charge in [-0.1, -0.05) is 41.9 Å². The zero-order chi connectivity index (χ0) is 22.1. The largest absolute Gasteiger partial charge is 0.338 e. The SMILES string of the molecule is O=C(NCCCN(C(=O)Nc1ccc(Cl)cc1)c1ccccc1)Nc1ccccc1Br. The van der Waals surface area contributed by atoms with Crippen molar-refractivity contribution in [1.82, 2.24) is 5.32 Å². The van der Waals surface area contributed by atoms with Crippen LogP contribution in [0.25, 0.3) is 0 Å². The van der Waals surface area contributed by atoms with Crippen molar-refractivity contribution in [2.45, 2.75) is 6.42 Å². The summed E-state index contributed by atoms with van der Waals surface area (Å²) in [4.78, 5) is 26.7. The molecule has 3 N–H and O–H groups in total. The molecular formula is C23H22BrClN4O2. The number of urea groups is 2. The Kier molecular flexibility index (Phi) is 8.32. The highest BCUT2D eigenvalue weighted by molar-refractivity contribution is 9.10. The summed E-state index contributed by atoms with van der Waals surface area (Å²) in [6.07, 6.45) is 0.576. The van der Waals surface area contributed by atoms with Crippen molar-refractivity contribution >= 4 is 56.7 Å². The van der Waals surface area contributed by atoms with E-state index in [9.17, 15) is 9.59 Å². The van der Waals surface area contributed by atoms with Crippen LogP contribution in [0.4, 0.5) is 26.7 Å². The molecule has 3 aromatic carbocycles. The second-order valence-electron chi connectivity index (χ2n) is 6.64. The first kappa shape index (κ1) is 22.7. The van der Waals surface area contributed by atoms with Gasteiger partial charge < -0.3 is 16.0 Å². The van der Waals surface area contributed by atoms with Crippen LogP contribution in [0.3, 0.4) is 0 Å². The maximum atomic E-state index is 12.9. The van der Waals surface area contributed by atoms with E-state index in [1.165, 1.54) is 0 Å². The van der Waals surface area contributed by atoms with Gasteiger partial charge in [-0.2, -0.15) is 0 Å². The lowest BCUT2D eigenvalue weighted by molar-refractivity contribution is 0.252. The Morgan fingerprint density at radius 2 is 1.55 bits per heavy atom. The molecule has 4 amide bonds. The molecule has 31 heavy (non-hydrogen) atoms. The molecule has 0 bridgehead atoms. The number of hydrogen-bond donors (Lipinski definition) is 3. The van der Waals surface area contributed by atoms with E-state index < -0.39 is 0 Å². The smallest absolute Gasteiger partial charge is 0.326 e. The lowest BCUT2D eigenvalue weighted by Gasteiger charge is -2.23. The third-order valence-electron chi connectivity index (χ3n) is 4.37. The summed E-state index contributed by atoms with van der Waals surface area (Å²) in [7, 11) is 0. The Morgan fingerprint density at radius 1 is 0.871 bits per heavy atom. The molecule has 0 radical (unpaired) electrons. The van der Waals surface area contributed by atoms with E-state index in [0.29, 0.717) is 35.9 Å². The molecule has 3 aromatic rings. The van der Waals surface area contributed by atoms with Gasteiger partial charge >= 0.3 is 12.1 Å². The Bertz CT molecular complexity index is 1020. The summed E-state index contributed by atoms with van der Waals surface area (Å²) in [6, 6.07) is 23.1. The van der Waals surface area contributed by atoms with Crippen molar-refractivity contribution in [3.05, 3.63) is 88.4 Å². The molecule has 0 heterocycles. The van der Waals surface area contributed by atoms with Crippen LogP contribution in [0, 0.1) is 0 Å². The summed E-state index contributed by atoms with van der Waals surface area (Å²) in [6.45, 7) is 0.840. The minimum Gasteiger partial charge on any atom is -0.338 e. The summed E-state index contributed by atoms with van der Waals surface area (Å²) >= 11 is 9.31. The van der Waals surface area contributed by atoms with Gasteiger partial charge in [0.1, 0.15) is 0 Å². The molecule has 0 spiro atoms. The lowest BCUT2D eigenvalue weighted by Crippen LogP contribution is -2.38. The highest BCUT2D eigenvalue weighted by Crippen LogP contribution is 2.21. The number of halogens is 2. The predicted molar refractivity (Wildman–Crippen MR) is 130 cm³/mol. The molecule has 0 saturated heterocycles. The average Bonchev–Trinajstić information content (AvgIpc) is 2.77. The fourth-order valence-corrected chi connectivity index (χ4v) is 3.36. The van der Waals surface area contributed by atoms with Crippen LogP contribution >= 0.6 is 27.5 Å². The Balaban J connectivity index is 1.55. The van der Waals surface area contributed by atoms with Gasteiger partial charge in [0.2, 0.25) is 0 Å². The zero-order valence-electron chi connectivity index (χ0n) is 16.6. The molecule has 0 aliphatic heterocycles. The van der Waals surface area contributed by atoms with Gasteiger partial charge in [0, 0.05) is 34.0 Å². The number of nitrogens with zero attached hydrogens (tertiary/aromatic N) is 1. The molecule has 0 aliphatic carbocycles. The highest BCUT2D eigenvalue weighted by atomic mass is 79.9. The van der Waals surface area contributed by atoms with Crippen molar-refractivity contribution < 1.29 is 9.59 Å². The summed E-state index contributed by atoms with van der Waals surface area (Å²) < 4.78 is 0.805. The number of amides is 4. The minimum atomic E-state index is -0.302.